The van der Waals surface area contributed by atoms with E-state index in [9.17, 15) is 4.79 Å². The van der Waals surface area contributed by atoms with Gasteiger partial charge in [0.15, 0.2) is 5.11 Å². The Balaban J connectivity index is 3.04. The second kappa shape index (κ2) is 4.80. The van der Waals surface area contributed by atoms with Gasteiger partial charge in [0, 0.05) is 4.88 Å². The molecule has 1 aromatic rings. The van der Waals surface area contributed by atoms with Crippen molar-refractivity contribution in [3.63, 3.8) is 0 Å². The SMILES string of the molecule is N=[N+]=NC(=Cc1ccc(Br)s1)C(=O)O. The van der Waals surface area contributed by atoms with Gasteiger partial charge in [-0.2, -0.15) is 0 Å². The Hall–Kier alpha value is -1.30. The lowest BCUT2D eigenvalue weighted by Crippen LogP contribution is -1.97. The molecule has 14 heavy (non-hydrogen) atoms. The predicted molar refractivity (Wildman–Crippen MR) is 54.9 cm³/mol. The molecule has 0 amide bonds. The first-order valence-corrected chi connectivity index (χ1v) is 5.02. The average molecular weight is 275 g/mol. The van der Waals surface area contributed by atoms with E-state index in [1.54, 1.807) is 12.1 Å². The summed E-state index contributed by atoms with van der Waals surface area (Å²) in [6, 6.07) is 3.55. The highest BCUT2D eigenvalue weighted by Gasteiger charge is 2.11. The fraction of sp³-hybridized carbons (Fsp3) is 0. The first kappa shape index (κ1) is 10.8. The van der Waals surface area contributed by atoms with Gasteiger partial charge >= 0.3 is 5.97 Å². The molecule has 5 nitrogen and oxygen atoms in total. The van der Waals surface area contributed by atoms with E-state index in [-0.39, 0.29) is 5.70 Å². The maximum atomic E-state index is 10.6. The van der Waals surface area contributed by atoms with Crippen molar-refractivity contribution in [2.24, 2.45) is 5.11 Å². The van der Waals surface area contributed by atoms with Gasteiger partial charge < -0.3 is 5.11 Å². The first-order chi connectivity index (χ1) is 6.63. The Morgan fingerprint density at radius 3 is 2.86 bits per heavy atom. The maximum absolute atomic E-state index is 10.6. The van der Waals surface area contributed by atoms with E-state index in [2.05, 4.69) is 26.0 Å². The van der Waals surface area contributed by atoms with E-state index in [4.69, 9.17) is 10.6 Å². The molecule has 72 valence electrons. The predicted octanol–water partition coefficient (Wildman–Crippen LogP) is 2.49. The molecule has 2 N–H and O–H groups in total. The van der Waals surface area contributed by atoms with Crippen LogP contribution >= 0.6 is 27.3 Å². The third-order valence-electron chi connectivity index (χ3n) is 1.25. The number of carbonyl (C=O) groups is 1. The minimum absolute atomic E-state index is 0.255. The molecule has 1 aromatic heterocycles. The number of thiophene rings is 1. The summed E-state index contributed by atoms with van der Waals surface area (Å²) in [5.74, 6) is -1.20. The third kappa shape index (κ3) is 2.88. The molecule has 0 aromatic carbocycles. The van der Waals surface area contributed by atoms with Crippen LogP contribution in [0.25, 0.3) is 6.08 Å². The number of aliphatic carboxylic acids is 1. The van der Waals surface area contributed by atoms with Crippen molar-refractivity contribution in [2.75, 3.05) is 0 Å². The summed E-state index contributed by atoms with van der Waals surface area (Å²) in [4.78, 5) is 14.0. The highest BCUT2D eigenvalue weighted by Crippen LogP contribution is 2.24. The molecular weight excluding hydrogens is 270 g/mol. The van der Waals surface area contributed by atoms with Crippen LogP contribution in [0.4, 0.5) is 0 Å². The van der Waals surface area contributed by atoms with Crippen molar-refractivity contribution in [2.45, 2.75) is 0 Å². The first-order valence-electron chi connectivity index (χ1n) is 3.41. The Morgan fingerprint density at radius 2 is 2.43 bits per heavy atom. The van der Waals surface area contributed by atoms with Gasteiger partial charge in [-0.25, -0.2) is 4.79 Å². The van der Waals surface area contributed by atoms with E-state index in [0.29, 0.717) is 0 Å². The number of carboxylic acid groups (broad SMARTS) is 1. The second-order valence-electron chi connectivity index (χ2n) is 2.18. The molecule has 1 heterocycles. The summed E-state index contributed by atoms with van der Waals surface area (Å²) in [7, 11) is 0. The minimum atomic E-state index is -1.20. The van der Waals surface area contributed by atoms with Crippen molar-refractivity contribution in [3.05, 3.63) is 26.5 Å². The summed E-state index contributed by atoms with van der Waals surface area (Å²) < 4.78 is 0.899. The van der Waals surface area contributed by atoms with E-state index in [1.165, 1.54) is 17.4 Å². The number of nitrogens with one attached hydrogen (secondary N) is 1. The molecule has 0 aliphatic heterocycles. The topological polar surface area (TPSA) is 87.6 Å². The molecule has 0 saturated carbocycles. The monoisotopic (exact) mass is 274 g/mol. The number of hydrogen-bond acceptors (Lipinski definition) is 4. The average Bonchev–Trinajstić information content (AvgIpc) is 2.50. The summed E-state index contributed by atoms with van der Waals surface area (Å²) in [6.45, 7) is 0. The molecule has 0 fully saturated rings. The zero-order valence-corrected chi connectivity index (χ0v) is 9.17. The van der Waals surface area contributed by atoms with Crippen LogP contribution in [0.3, 0.4) is 0 Å². The van der Waals surface area contributed by atoms with Gasteiger partial charge in [-0.1, -0.05) is 0 Å². The van der Waals surface area contributed by atoms with Crippen LogP contribution in [-0.2, 0) is 4.79 Å². The molecule has 7 heteroatoms. The van der Waals surface area contributed by atoms with Crippen LogP contribution in [0, 0.1) is 5.53 Å². The van der Waals surface area contributed by atoms with E-state index < -0.39 is 5.97 Å². The van der Waals surface area contributed by atoms with Crippen molar-refractivity contribution in [1.82, 2.24) is 4.91 Å². The summed E-state index contributed by atoms with van der Waals surface area (Å²) in [6.07, 6.45) is 1.36. The lowest BCUT2D eigenvalue weighted by atomic mass is 10.3. The fourth-order valence-corrected chi connectivity index (χ4v) is 2.09. The molecule has 0 spiro atoms. The van der Waals surface area contributed by atoms with Gasteiger partial charge in [-0.15, -0.1) is 11.3 Å². The van der Waals surface area contributed by atoms with Crippen LogP contribution in [0.2, 0.25) is 0 Å². The van der Waals surface area contributed by atoms with Crippen molar-refractivity contribution >= 4 is 39.3 Å². The molecule has 0 aliphatic rings. The van der Waals surface area contributed by atoms with Gasteiger partial charge in [0.05, 0.1) is 3.79 Å². The lowest BCUT2D eigenvalue weighted by Gasteiger charge is -1.84. The van der Waals surface area contributed by atoms with Crippen LogP contribution in [0.1, 0.15) is 4.88 Å². The molecule has 0 unspecified atom stereocenters. The Labute approximate surface area is 91.4 Å². The van der Waals surface area contributed by atoms with Crippen LogP contribution in [-0.4, -0.2) is 11.1 Å². The van der Waals surface area contributed by atoms with Crippen molar-refractivity contribution in [3.8, 4) is 0 Å². The standard InChI is InChI=1S/C7H4BrN3O2S/c8-6-2-1-4(14-6)3-5(7(12)13)10-11-9/h1-3,9H/p+1. The number of nitrogens with zero attached hydrogens (tertiary/aromatic N) is 2. The van der Waals surface area contributed by atoms with Crippen molar-refractivity contribution in [1.29, 1.82) is 5.53 Å². The largest absolute Gasteiger partial charge is 0.476 e. The lowest BCUT2D eigenvalue weighted by molar-refractivity contribution is -0.132. The number of hydrogen-bond donors (Lipinski definition) is 2. The van der Waals surface area contributed by atoms with Crippen LogP contribution in [0.15, 0.2) is 26.7 Å². The van der Waals surface area contributed by atoms with Gasteiger partial charge in [0.1, 0.15) is 5.53 Å². The summed E-state index contributed by atoms with van der Waals surface area (Å²) in [5, 5.41) is 11.8. The van der Waals surface area contributed by atoms with E-state index >= 15 is 0 Å². The third-order valence-corrected chi connectivity index (χ3v) is 2.82. The molecule has 0 radical (unpaired) electrons. The maximum Gasteiger partial charge on any atom is 0.362 e. The zero-order chi connectivity index (χ0) is 10.6. The quantitative estimate of drug-likeness (QED) is 0.504. The number of carboxylic acids is 1. The number of rotatable bonds is 3. The smallest absolute Gasteiger partial charge is 0.362 e. The Morgan fingerprint density at radius 1 is 1.71 bits per heavy atom. The molecule has 0 aliphatic carbocycles. The Kier molecular flexibility index (Phi) is 3.70. The van der Waals surface area contributed by atoms with E-state index in [0.717, 1.165) is 8.66 Å². The summed E-state index contributed by atoms with van der Waals surface area (Å²) in [5.41, 5.74) is 6.19. The van der Waals surface area contributed by atoms with Crippen LogP contribution in [0.5, 0.6) is 0 Å². The van der Waals surface area contributed by atoms with Crippen LogP contribution < -0.4 is 4.91 Å². The van der Waals surface area contributed by atoms with E-state index in [1.807, 2.05) is 0 Å². The zero-order valence-electron chi connectivity index (χ0n) is 6.77. The fourth-order valence-electron chi connectivity index (χ4n) is 0.728. The number of halogens is 1. The molecule has 0 atom stereocenters. The normalized spacial score (nSPS) is 10.8. The summed E-state index contributed by atoms with van der Waals surface area (Å²) >= 11 is 4.62. The Bertz CT molecular complexity index is 430. The highest BCUT2D eigenvalue weighted by molar-refractivity contribution is 9.11. The molecule has 0 bridgehead atoms. The minimum Gasteiger partial charge on any atom is -0.476 e. The van der Waals surface area contributed by atoms with Gasteiger partial charge in [-0.3, -0.25) is 0 Å². The second-order valence-corrected chi connectivity index (χ2v) is 4.67. The molecule has 0 saturated heterocycles. The van der Waals surface area contributed by atoms with Gasteiger partial charge in [-0.05, 0) is 34.1 Å². The van der Waals surface area contributed by atoms with Crippen molar-refractivity contribution < 1.29 is 9.90 Å². The highest BCUT2D eigenvalue weighted by atomic mass is 79.9. The molecule has 1 rings (SSSR count). The van der Waals surface area contributed by atoms with Gasteiger partial charge in [0.25, 0.3) is 0 Å². The molecular formula is C7H5BrN3O2S+. The van der Waals surface area contributed by atoms with Gasteiger partial charge in [0.2, 0.25) is 10.6 Å².